The summed E-state index contributed by atoms with van der Waals surface area (Å²) < 4.78 is 13.2. The molecule has 0 aliphatic carbocycles. The van der Waals surface area contributed by atoms with Crippen molar-refractivity contribution >= 4 is 46.8 Å². The van der Waals surface area contributed by atoms with Crippen molar-refractivity contribution in [3.63, 3.8) is 0 Å². The highest BCUT2D eigenvalue weighted by atomic mass is 35.5. The molecule has 8 heteroatoms. The third kappa shape index (κ3) is 9.37. The molecule has 0 saturated heterocycles. The maximum atomic E-state index is 13.7. The lowest BCUT2D eigenvalue weighted by atomic mass is 10.0. The van der Waals surface area contributed by atoms with E-state index in [-0.39, 0.29) is 29.9 Å². The van der Waals surface area contributed by atoms with Crippen LogP contribution in [0.4, 0.5) is 4.39 Å². The molecular weight excluding hydrogens is 530 g/mol. The summed E-state index contributed by atoms with van der Waals surface area (Å²) in [6.07, 6.45) is 0.350. The van der Waals surface area contributed by atoms with Gasteiger partial charge in [0.15, 0.2) is 0 Å². The van der Waals surface area contributed by atoms with Crippen LogP contribution in [0.25, 0.3) is 0 Å². The van der Waals surface area contributed by atoms with Gasteiger partial charge < -0.3 is 10.2 Å². The molecular formula is C29H31Cl2FN2O2S. The van der Waals surface area contributed by atoms with Crippen LogP contribution in [0.5, 0.6) is 0 Å². The molecule has 0 bridgehead atoms. The Kier molecular flexibility index (Phi) is 10.4. The number of amides is 2. The number of thioether (sulfide) groups is 1. The van der Waals surface area contributed by atoms with Crippen molar-refractivity contribution in [2.75, 3.05) is 5.75 Å². The van der Waals surface area contributed by atoms with Crippen LogP contribution in [-0.2, 0) is 28.3 Å². The maximum Gasteiger partial charge on any atom is 0.243 e. The lowest BCUT2D eigenvalue weighted by molar-refractivity contribution is -0.140. The highest BCUT2D eigenvalue weighted by Gasteiger charge is 2.32. The van der Waals surface area contributed by atoms with Crippen LogP contribution in [0.2, 0.25) is 10.0 Å². The Hall–Kier alpha value is -2.54. The van der Waals surface area contributed by atoms with E-state index in [9.17, 15) is 14.0 Å². The standard InChI is InChI=1S/C29H31Cl2FN2O2S/c1-29(2,3)33-28(36)26(15-20-7-5-4-6-8-20)34(17-22-11-12-23(30)16-25(22)31)27(35)19-37-18-21-9-13-24(32)14-10-21/h4-14,16,26H,15,17-19H2,1-3H3,(H,33,36)/t26-/m0/s1. The van der Waals surface area contributed by atoms with Gasteiger partial charge in [0.2, 0.25) is 11.8 Å². The molecule has 37 heavy (non-hydrogen) atoms. The van der Waals surface area contributed by atoms with Crippen molar-refractivity contribution in [1.29, 1.82) is 0 Å². The first kappa shape index (κ1) is 29.0. The van der Waals surface area contributed by atoms with E-state index in [0.29, 0.717) is 27.8 Å². The van der Waals surface area contributed by atoms with E-state index in [2.05, 4.69) is 5.32 Å². The average Bonchev–Trinajstić information content (AvgIpc) is 2.83. The zero-order chi connectivity index (χ0) is 27.0. The zero-order valence-corrected chi connectivity index (χ0v) is 23.5. The molecule has 0 saturated carbocycles. The van der Waals surface area contributed by atoms with Gasteiger partial charge in [-0.1, -0.05) is 71.7 Å². The van der Waals surface area contributed by atoms with Crippen molar-refractivity contribution in [3.8, 4) is 0 Å². The Morgan fingerprint density at radius 1 is 0.973 bits per heavy atom. The minimum Gasteiger partial charge on any atom is -0.350 e. The van der Waals surface area contributed by atoms with Gasteiger partial charge in [0.05, 0.1) is 5.75 Å². The fourth-order valence-electron chi connectivity index (χ4n) is 3.76. The first-order valence-electron chi connectivity index (χ1n) is 11.9. The molecule has 3 aromatic rings. The van der Waals surface area contributed by atoms with Crippen LogP contribution in [0.1, 0.15) is 37.5 Å². The molecule has 0 spiro atoms. The number of rotatable bonds is 10. The van der Waals surface area contributed by atoms with E-state index >= 15 is 0 Å². The highest BCUT2D eigenvalue weighted by molar-refractivity contribution is 7.99. The van der Waals surface area contributed by atoms with E-state index < -0.39 is 11.6 Å². The minimum absolute atomic E-state index is 0.149. The summed E-state index contributed by atoms with van der Waals surface area (Å²) in [5.41, 5.74) is 2.08. The van der Waals surface area contributed by atoms with Crippen LogP contribution in [0, 0.1) is 5.82 Å². The van der Waals surface area contributed by atoms with Gasteiger partial charge in [-0.05, 0) is 61.7 Å². The molecule has 196 valence electrons. The molecule has 1 N–H and O–H groups in total. The van der Waals surface area contributed by atoms with E-state index in [4.69, 9.17) is 23.2 Å². The number of hydrogen-bond donors (Lipinski definition) is 1. The molecule has 2 amide bonds. The number of benzene rings is 3. The molecule has 1 atom stereocenters. The van der Waals surface area contributed by atoms with Gasteiger partial charge in [-0.2, -0.15) is 0 Å². The van der Waals surface area contributed by atoms with Gasteiger partial charge in [-0.25, -0.2) is 4.39 Å². The van der Waals surface area contributed by atoms with Crippen molar-refractivity contribution < 1.29 is 14.0 Å². The Bertz CT molecular complexity index is 1200. The summed E-state index contributed by atoms with van der Waals surface area (Å²) in [5.74, 6) is -0.0404. The first-order chi connectivity index (χ1) is 17.5. The lowest BCUT2D eigenvalue weighted by Gasteiger charge is -2.34. The van der Waals surface area contributed by atoms with Crippen LogP contribution >= 0.6 is 35.0 Å². The fourth-order valence-corrected chi connectivity index (χ4v) is 5.10. The molecule has 3 aromatic carbocycles. The number of hydrogen-bond acceptors (Lipinski definition) is 3. The van der Waals surface area contributed by atoms with Crippen LogP contribution < -0.4 is 5.32 Å². The second-order valence-electron chi connectivity index (χ2n) is 9.82. The number of nitrogens with zero attached hydrogens (tertiary/aromatic N) is 1. The zero-order valence-electron chi connectivity index (χ0n) is 21.1. The fraction of sp³-hybridized carbons (Fsp3) is 0.310. The molecule has 0 aromatic heterocycles. The Balaban J connectivity index is 1.89. The predicted molar refractivity (Wildman–Crippen MR) is 151 cm³/mol. The summed E-state index contributed by atoms with van der Waals surface area (Å²) in [6.45, 7) is 5.88. The molecule has 0 aliphatic rings. The highest BCUT2D eigenvalue weighted by Crippen LogP contribution is 2.25. The molecule has 0 heterocycles. The Morgan fingerprint density at radius 2 is 1.65 bits per heavy atom. The van der Waals surface area contributed by atoms with E-state index in [1.807, 2.05) is 51.1 Å². The van der Waals surface area contributed by atoms with Gasteiger partial charge in [0.1, 0.15) is 11.9 Å². The minimum atomic E-state index is -0.757. The van der Waals surface area contributed by atoms with Gasteiger partial charge in [0, 0.05) is 34.3 Å². The van der Waals surface area contributed by atoms with Crippen molar-refractivity contribution in [1.82, 2.24) is 10.2 Å². The second-order valence-corrected chi connectivity index (χ2v) is 11.7. The monoisotopic (exact) mass is 560 g/mol. The van der Waals surface area contributed by atoms with Gasteiger partial charge in [-0.3, -0.25) is 9.59 Å². The predicted octanol–water partition coefficient (Wildman–Crippen LogP) is 6.92. The van der Waals surface area contributed by atoms with E-state index in [0.717, 1.165) is 11.1 Å². The van der Waals surface area contributed by atoms with Crippen molar-refractivity contribution in [2.45, 2.75) is 51.1 Å². The number of carbonyl (C=O) groups is 2. The Morgan fingerprint density at radius 3 is 2.27 bits per heavy atom. The molecule has 3 rings (SSSR count). The number of carbonyl (C=O) groups excluding carboxylic acids is 2. The topological polar surface area (TPSA) is 49.4 Å². The largest absolute Gasteiger partial charge is 0.350 e. The van der Waals surface area contributed by atoms with Crippen LogP contribution in [-0.4, -0.2) is 34.0 Å². The van der Waals surface area contributed by atoms with Crippen LogP contribution in [0.3, 0.4) is 0 Å². The summed E-state index contributed by atoms with van der Waals surface area (Å²) in [6, 6.07) is 20.2. The molecule has 0 aliphatic heterocycles. The van der Waals surface area contributed by atoms with Gasteiger partial charge in [0.25, 0.3) is 0 Å². The molecule has 0 fully saturated rings. The summed E-state index contributed by atoms with van der Waals surface area (Å²) in [7, 11) is 0. The van der Waals surface area contributed by atoms with Crippen molar-refractivity contribution in [2.24, 2.45) is 0 Å². The maximum absolute atomic E-state index is 13.7. The van der Waals surface area contributed by atoms with E-state index in [1.165, 1.54) is 23.9 Å². The van der Waals surface area contributed by atoms with Crippen LogP contribution in [0.15, 0.2) is 72.8 Å². The summed E-state index contributed by atoms with van der Waals surface area (Å²) in [5, 5.41) is 3.97. The quantitative estimate of drug-likeness (QED) is 0.292. The number of halogens is 3. The molecule has 0 unspecified atom stereocenters. The summed E-state index contributed by atoms with van der Waals surface area (Å²) >= 11 is 14.0. The normalized spacial score (nSPS) is 12.2. The Labute approximate surface area is 232 Å². The third-order valence-corrected chi connectivity index (χ3v) is 7.11. The van der Waals surface area contributed by atoms with E-state index in [1.54, 1.807) is 35.2 Å². The third-order valence-electron chi connectivity index (χ3n) is 5.53. The SMILES string of the molecule is CC(C)(C)NC(=O)[C@H](Cc1ccccc1)N(Cc1ccc(Cl)cc1Cl)C(=O)CSCc1ccc(F)cc1. The second kappa shape index (κ2) is 13.3. The number of nitrogens with one attached hydrogen (secondary N) is 1. The first-order valence-corrected chi connectivity index (χ1v) is 13.8. The summed E-state index contributed by atoms with van der Waals surface area (Å²) in [4.78, 5) is 28.8. The molecule has 4 nitrogen and oxygen atoms in total. The van der Waals surface area contributed by atoms with Gasteiger partial charge >= 0.3 is 0 Å². The smallest absolute Gasteiger partial charge is 0.243 e. The van der Waals surface area contributed by atoms with Crippen molar-refractivity contribution in [3.05, 3.63) is 105 Å². The molecule has 0 radical (unpaired) electrons. The average molecular weight is 562 g/mol. The lowest BCUT2D eigenvalue weighted by Crippen LogP contribution is -2.54. The van der Waals surface area contributed by atoms with Gasteiger partial charge in [-0.15, -0.1) is 11.8 Å².